The summed E-state index contributed by atoms with van der Waals surface area (Å²) in [5.74, 6) is 0.578. The molecule has 1 aliphatic rings. The van der Waals surface area contributed by atoms with E-state index in [1.807, 2.05) is 36.4 Å². The number of anilines is 2. The Balaban J connectivity index is 1.48. The first-order chi connectivity index (χ1) is 12.3. The average molecular weight is 333 g/mol. The molecule has 1 N–H and O–H groups in total. The van der Waals surface area contributed by atoms with E-state index in [1.54, 1.807) is 12.3 Å². The smallest absolute Gasteiger partial charge is 0.276 e. The first-order valence-corrected chi connectivity index (χ1v) is 8.54. The molecule has 1 fully saturated rings. The van der Waals surface area contributed by atoms with Gasteiger partial charge in [-0.25, -0.2) is 0 Å². The second-order valence-corrected chi connectivity index (χ2v) is 6.19. The lowest BCUT2D eigenvalue weighted by molar-refractivity contribution is 0.102. The van der Waals surface area contributed by atoms with E-state index < -0.39 is 0 Å². The predicted molar refractivity (Wildman–Crippen MR) is 97.8 cm³/mol. The third kappa shape index (κ3) is 3.42. The van der Waals surface area contributed by atoms with Crippen LogP contribution in [0.25, 0.3) is 10.9 Å². The van der Waals surface area contributed by atoms with E-state index in [0.717, 1.165) is 29.8 Å². The molecule has 0 unspecified atom stereocenters. The monoisotopic (exact) mass is 333 g/mol. The molecule has 3 aromatic rings. The van der Waals surface area contributed by atoms with Crippen LogP contribution < -0.4 is 10.2 Å². The molecule has 25 heavy (non-hydrogen) atoms. The number of aromatic nitrogens is 3. The SMILES string of the molecule is O=C(Nc1ccc2ncccc2c1)c1ccc(N2CCCCC2)nn1. The number of fused-ring (bicyclic) bond motifs is 1. The van der Waals surface area contributed by atoms with Gasteiger partial charge in [0.05, 0.1) is 5.52 Å². The maximum atomic E-state index is 12.4. The molecule has 1 aliphatic heterocycles. The quantitative estimate of drug-likeness (QED) is 0.796. The Labute approximate surface area is 145 Å². The fourth-order valence-electron chi connectivity index (χ4n) is 3.09. The number of carbonyl (C=O) groups excluding carboxylic acids is 1. The average Bonchev–Trinajstić information content (AvgIpc) is 2.69. The van der Waals surface area contributed by atoms with Gasteiger partial charge < -0.3 is 10.2 Å². The zero-order valence-electron chi connectivity index (χ0n) is 13.9. The molecule has 1 aromatic carbocycles. The molecule has 126 valence electrons. The second-order valence-electron chi connectivity index (χ2n) is 6.19. The van der Waals surface area contributed by atoms with Crippen LogP contribution in [0.1, 0.15) is 29.8 Å². The molecule has 1 saturated heterocycles. The Hall–Kier alpha value is -3.02. The summed E-state index contributed by atoms with van der Waals surface area (Å²) >= 11 is 0. The van der Waals surface area contributed by atoms with Gasteiger partial charge in [-0.3, -0.25) is 9.78 Å². The van der Waals surface area contributed by atoms with Crippen LogP contribution >= 0.6 is 0 Å². The first kappa shape index (κ1) is 15.5. The van der Waals surface area contributed by atoms with Gasteiger partial charge in [0.15, 0.2) is 11.5 Å². The zero-order chi connectivity index (χ0) is 17.1. The van der Waals surface area contributed by atoms with Crippen LogP contribution in [0.4, 0.5) is 11.5 Å². The molecule has 2 aromatic heterocycles. The number of nitrogens with one attached hydrogen (secondary N) is 1. The highest BCUT2D eigenvalue weighted by Crippen LogP contribution is 2.19. The Bertz CT molecular complexity index is 888. The molecule has 0 aliphatic carbocycles. The number of nitrogens with zero attached hydrogens (tertiary/aromatic N) is 4. The third-order valence-electron chi connectivity index (χ3n) is 4.42. The summed E-state index contributed by atoms with van der Waals surface area (Å²) in [4.78, 5) is 18.9. The lowest BCUT2D eigenvalue weighted by atomic mass is 10.1. The van der Waals surface area contributed by atoms with E-state index in [-0.39, 0.29) is 5.91 Å². The number of hydrogen-bond donors (Lipinski definition) is 1. The van der Waals surface area contributed by atoms with Crippen LogP contribution in [0, 0.1) is 0 Å². The summed E-state index contributed by atoms with van der Waals surface area (Å²) in [7, 11) is 0. The number of benzene rings is 1. The molecule has 4 rings (SSSR count). The molecule has 3 heterocycles. The van der Waals surface area contributed by atoms with Crippen molar-refractivity contribution >= 4 is 28.3 Å². The van der Waals surface area contributed by atoms with Crippen LogP contribution in [0.15, 0.2) is 48.7 Å². The molecular formula is C19H19N5O. The van der Waals surface area contributed by atoms with Gasteiger partial charge in [0, 0.05) is 30.4 Å². The Morgan fingerprint density at radius 2 is 1.88 bits per heavy atom. The summed E-state index contributed by atoms with van der Waals surface area (Å²) in [5.41, 5.74) is 1.92. The zero-order valence-corrected chi connectivity index (χ0v) is 13.9. The van der Waals surface area contributed by atoms with Crippen molar-refractivity contribution in [1.82, 2.24) is 15.2 Å². The van der Waals surface area contributed by atoms with E-state index >= 15 is 0 Å². The van der Waals surface area contributed by atoms with Gasteiger partial charge in [-0.15, -0.1) is 10.2 Å². The Morgan fingerprint density at radius 1 is 1.00 bits per heavy atom. The van der Waals surface area contributed by atoms with Gasteiger partial charge in [-0.05, 0) is 55.7 Å². The van der Waals surface area contributed by atoms with Crippen LogP contribution in [-0.4, -0.2) is 34.2 Å². The van der Waals surface area contributed by atoms with Crippen molar-refractivity contribution in [2.75, 3.05) is 23.3 Å². The molecule has 0 radical (unpaired) electrons. The number of piperidine rings is 1. The topological polar surface area (TPSA) is 71.0 Å². The molecule has 6 nitrogen and oxygen atoms in total. The third-order valence-corrected chi connectivity index (χ3v) is 4.42. The summed E-state index contributed by atoms with van der Waals surface area (Å²) in [6.07, 6.45) is 5.38. The van der Waals surface area contributed by atoms with Gasteiger partial charge >= 0.3 is 0 Å². The summed E-state index contributed by atoms with van der Waals surface area (Å²) in [5, 5.41) is 12.2. The fraction of sp³-hybridized carbons (Fsp3) is 0.263. The van der Waals surface area contributed by atoms with Crippen LogP contribution in [0.2, 0.25) is 0 Å². The van der Waals surface area contributed by atoms with Crippen LogP contribution in [0.5, 0.6) is 0 Å². The first-order valence-electron chi connectivity index (χ1n) is 8.54. The normalized spacial score (nSPS) is 14.5. The van der Waals surface area contributed by atoms with Gasteiger partial charge in [0.25, 0.3) is 5.91 Å². The van der Waals surface area contributed by atoms with Gasteiger partial charge in [-0.1, -0.05) is 6.07 Å². The Kier molecular flexibility index (Phi) is 4.24. The van der Waals surface area contributed by atoms with Crippen LogP contribution in [0.3, 0.4) is 0 Å². The van der Waals surface area contributed by atoms with Crippen molar-refractivity contribution < 1.29 is 4.79 Å². The molecule has 1 amide bonds. The van der Waals surface area contributed by atoms with Crippen molar-refractivity contribution in [2.45, 2.75) is 19.3 Å². The lowest BCUT2D eigenvalue weighted by Gasteiger charge is -2.27. The van der Waals surface area contributed by atoms with Gasteiger partial charge in [0.1, 0.15) is 0 Å². The summed E-state index contributed by atoms with van der Waals surface area (Å²) in [6.45, 7) is 2.01. The van der Waals surface area contributed by atoms with Crippen molar-refractivity contribution in [2.24, 2.45) is 0 Å². The number of pyridine rings is 1. The van der Waals surface area contributed by atoms with Crippen LogP contribution in [-0.2, 0) is 0 Å². The lowest BCUT2D eigenvalue weighted by Crippen LogP contribution is -2.30. The van der Waals surface area contributed by atoms with E-state index in [0.29, 0.717) is 11.4 Å². The van der Waals surface area contributed by atoms with Crippen molar-refractivity contribution in [3.8, 4) is 0 Å². The minimum Gasteiger partial charge on any atom is -0.355 e. The maximum Gasteiger partial charge on any atom is 0.276 e. The largest absolute Gasteiger partial charge is 0.355 e. The second kappa shape index (κ2) is 6.84. The molecule has 0 bridgehead atoms. The predicted octanol–water partition coefficient (Wildman–Crippen LogP) is 3.27. The molecule has 0 spiro atoms. The minimum atomic E-state index is -0.263. The fourth-order valence-corrected chi connectivity index (χ4v) is 3.09. The highest BCUT2D eigenvalue weighted by molar-refractivity contribution is 6.03. The number of rotatable bonds is 3. The molecular weight excluding hydrogens is 314 g/mol. The molecule has 0 atom stereocenters. The highest BCUT2D eigenvalue weighted by atomic mass is 16.1. The Morgan fingerprint density at radius 3 is 2.68 bits per heavy atom. The minimum absolute atomic E-state index is 0.263. The highest BCUT2D eigenvalue weighted by Gasteiger charge is 2.14. The van der Waals surface area contributed by atoms with Gasteiger partial charge in [-0.2, -0.15) is 0 Å². The number of carbonyl (C=O) groups is 1. The van der Waals surface area contributed by atoms with E-state index in [4.69, 9.17) is 0 Å². The van der Waals surface area contributed by atoms with E-state index in [1.165, 1.54) is 19.3 Å². The van der Waals surface area contributed by atoms with Crippen molar-refractivity contribution in [1.29, 1.82) is 0 Å². The molecule has 6 heteroatoms. The van der Waals surface area contributed by atoms with Crippen molar-refractivity contribution in [3.63, 3.8) is 0 Å². The van der Waals surface area contributed by atoms with E-state index in [2.05, 4.69) is 25.4 Å². The molecule has 0 saturated carbocycles. The number of amides is 1. The van der Waals surface area contributed by atoms with Crippen molar-refractivity contribution in [3.05, 3.63) is 54.4 Å². The van der Waals surface area contributed by atoms with Gasteiger partial charge in [0.2, 0.25) is 0 Å². The van der Waals surface area contributed by atoms with E-state index in [9.17, 15) is 4.79 Å². The standard InChI is InChI=1S/C19H19N5O/c25-19(21-15-6-7-16-14(13-15)5-4-10-20-16)17-8-9-18(23-22-17)24-11-2-1-3-12-24/h4-10,13H,1-3,11-12H2,(H,21,25). The summed E-state index contributed by atoms with van der Waals surface area (Å²) < 4.78 is 0. The maximum absolute atomic E-state index is 12.4. The number of hydrogen-bond acceptors (Lipinski definition) is 5. The summed E-state index contributed by atoms with van der Waals surface area (Å²) in [6, 6.07) is 13.1.